The van der Waals surface area contributed by atoms with Gasteiger partial charge in [0.1, 0.15) is 12.7 Å². The van der Waals surface area contributed by atoms with Crippen LogP contribution in [0, 0.1) is 0 Å². The molecule has 21 heavy (non-hydrogen) atoms. The molecule has 8 nitrogen and oxygen atoms in total. The zero-order valence-electron chi connectivity index (χ0n) is 11.9. The number of anilines is 2. The van der Waals surface area contributed by atoms with Gasteiger partial charge in [0, 0.05) is 6.04 Å². The van der Waals surface area contributed by atoms with E-state index >= 15 is 0 Å². The maximum Gasteiger partial charge on any atom is 0.258 e. The first-order chi connectivity index (χ1) is 10.3. The zero-order valence-corrected chi connectivity index (χ0v) is 11.9. The summed E-state index contributed by atoms with van der Waals surface area (Å²) in [5.74, 6) is 1.08. The van der Waals surface area contributed by atoms with Crippen LogP contribution in [0.15, 0.2) is 12.7 Å². The molecule has 1 aliphatic carbocycles. The molecule has 2 aromatic heterocycles. The maximum absolute atomic E-state index is 5.76. The summed E-state index contributed by atoms with van der Waals surface area (Å²) in [4.78, 5) is 16.5. The van der Waals surface area contributed by atoms with Crippen molar-refractivity contribution >= 4 is 11.9 Å². The van der Waals surface area contributed by atoms with Gasteiger partial charge >= 0.3 is 0 Å². The van der Waals surface area contributed by atoms with Gasteiger partial charge in [-0.2, -0.15) is 24.7 Å². The number of rotatable bonds is 3. The monoisotopic (exact) mass is 288 g/mol. The van der Waals surface area contributed by atoms with E-state index in [0.717, 1.165) is 12.8 Å². The van der Waals surface area contributed by atoms with E-state index in [2.05, 4.69) is 30.4 Å². The molecule has 3 N–H and O–H groups in total. The fourth-order valence-corrected chi connectivity index (χ4v) is 2.64. The molecular weight excluding hydrogens is 268 g/mol. The molecule has 0 aliphatic heterocycles. The average molecular weight is 288 g/mol. The van der Waals surface area contributed by atoms with E-state index in [9.17, 15) is 0 Å². The number of aromatic nitrogens is 6. The van der Waals surface area contributed by atoms with Crippen LogP contribution in [0.1, 0.15) is 44.9 Å². The molecule has 8 heteroatoms. The highest BCUT2D eigenvalue weighted by Gasteiger charge is 2.14. The fourth-order valence-electron chi connectivity index (χ4n) is 2.64. The Morgan fingerprint density at radius 1 is 1.05 bits per heavy atom. The zero-order chi connectivity index (χ0) is 14.5. The summed E-state index contributed by atoms with van der Waals surface area (Å²) in [6.45, 7) is 0. The van der Waals surface area contributed by atoms with Gasteiger partial charge in [-0.25, -0.2) is 4.98 Å². The van der Waals surface area contributed by atoms with E-state index in [1.165, 1.54) is 49.4 Å². The van der Waals surface area contributed by atoms with E-state index < -0.39 is 0 Å². The van der Waals surface area contributed by atoms with Gasteiger partial charge in [0.2, 0.25) is 11.9 Å². The molecule has 0 saturated heterocycles. The lowest BCUT2D eigenvalue weighted by molar-refractivity contribution is 0.469. The molecule has 0 unspecified atom stereocenters. The normalized spacial score (nSPS) is 17.1. The van der Waals surface area contributed by atoms with Gasteiger partial charge < -0.3 is 11.1 Å². The Kier molecular flexibility index (Phi) is 4.23. The number of nitrogens with two attached hydrogens (primary N) is 1. The smallest absolute Gasteiger partial charge is 0.258 e. The Hall–Kier alpha value is -2.25. The van der Waals surface area contributed by atoms with Crippen molar-refractivity contribution in [1.29, 1.82) is 0 Å². The molecule has 1 aliphatic rings. The number of nitrogens with zero attached hydrogens (tertiary/aromatic N) is 6. The Balaban J connectivity index is 1.75. The van der Waals surface area contributed by atoms with Crippen LogP contribution < -0.4 is 11.1 Å². The molecule has 2 heterocycles. The van der Waals surface area contributed by atoms with Crippen molar-refractivity contribution in [3.8, 4) is 5.95 Å². The van der Waals surface area contributed by atoms with E-state index in [1.807, 2.05) is 0 Å². The molecule has 0 atom stereocenters. The molecule has 0 spiro atoms. The summed E-state index contributed by atoms with van der Waals surface area (Å²) in [6, 6.07) is 0.399. The van der Waals surface area contributed by atoms with E-state index in [1.54, 1.807) is 0 Å². The van der Waals surface area contributed by atoms with Gasteiger partial charge in [0.05, 0.1) is 0 Å². The summed E-state index contributed by atoms with van der Waals surface area (Å²) in [6.07, 6.45) is 11.7. The Morgan fingerprint density at radius 3 is 2.52 bits per heavy atom. The second-order valence-electron chi connectivity index (χ2n) is 5.34. The second-order valence-corrected chi connectivity index (χ2v) is 5.34. The Bertz CT molecular complexity index is 560. The van der Waals surface area contributed by atoms with Crippen molar-refractivity contribution < 1.29 is 0 Å². The van der Waals surface area contributed by atoms with Crippen molar-refractivity contribution in [3.63, 3.8) is 0 Å². The van der Waals surface area contributed by atoms with Crippen molar-refractivity contribution in [2.24, 2.45) is 0 Å². The summed E-state index contributed by atoms with van der Waals surface area (Å²) in [7, 11) is 0. The topological polar surface area (TPSA) is 107 Å². The van der Waals surface area contributed by atoms with Gasteiger partial charge in [-0.1, -0.05) is 32.1 Å². The minimum atomic E-state index is 0.184. The molecule has 112 valence electrons. The summed E-state index contributed by atoms with van der Waals surface area (Å²) in [5, 5.41) is 7.40. The van der Waals surface area contributed by atoms with Gasteiger partial charge in [0.25, 0.3) is 5.95 Å². The molecule has 1 saturated carbocycles. The lowest BCUT2D eigenvalue weighted by atomic mass is 9.97. The minimum absolute atomic E-state index is 0.184. The average Bonchev–Trinajstić information content (AvgIpc) is 2.95. The van der Waals surface area contributed by atoms with Crippen molar-refractivity contribution in [2.75, 3.05) is 11.1 Å². The molecule has 0 radical (unpaired) electrons. The second kappa shape index (κ2) is 6.47. The first-order valence-corrected chi connectivity index (χ1v) is 7.44. The SMILES string of the molecule is Nc1nc(NC2CCCCCCC2)nc(-n2cncn2)n1. The van der Waals surface area contributed by atoms with Gasteiger partial charge in [-0.15, -0.1) is 0 Å². The van der Waals surface area contributed by atoms with E-state index in [-0.39, 0.29) is 5.95 Å². The minimum Gasteiger partial charge on any atom is -0.368 e. The maximum atomic E-state index is 5.76. The molecule has 3 rings (SSSR count). The first-order valence-electron chi connectivity index (χ1n) is 7.44. The highest BCUT2D eigenvalue weighted by molar-refractivity contribution is 5.35. The lowest BCUT2D eigenvalue weighted by Gasteiger charge is -2.21. The van der Waals surface area contributed by atoms with Crippen LogP contribution in [0.2, 0.25) is 0 Å². The van der Waals surface area contributed by atoms with Crippen LogP contribution in [0.5, 0.6) is 0 Å². The van der Waals surface area contributed by atoms with Crippen LogP contribution in [0.4, 0.5) is 11.9 Å². The molecular formula is C13H20N8. The van der Waals surface area contributed by atoms with Crippen molar-refractivity contribution in [1.82, 2.24) is 29.7 Å². The van der Waals surface area contributed by atoms with Crippen molar-refractivity contribution in [3.05, 3.63) is 12.7 Å². The first kappa shape index (κ1) is 13.7. The lowest BCUT2D eigenvalue weighted by Crippen LogP contribution is -2.23. The summed E-state index contributed by atoms with van der Waals surface area (Å²) in [5.41, 5.74) is 5.76. The molecule has 0 bridgehead atoms. The van der Waals surface area contributed by atoms with Gasteiger partial charge in [-0.3, -0.25) is 0 Å². The predicted octanol–water partition coefficient (Wildman–Crippen LogP) is 1.56. The van der Waals surface area contributed by atoms with Crippen LogP contribution in [-0.2, 0) is 0 Å². The van der Waals surface area contributed by atoms with E-state index in [0.29, 0.717) is 17.9 Å². The van der Waals surface area contributed by atoms with E-state index in [4.69, 9.17) is 5.73 Å². The standard InChI is InChI=1S/C13H20N8/c14-11-18-12(17-10-6-4-2-1-3-5-7-10)20-13(19-11)21-9-15-8-16-21/h8-10H,1-7H2,(H3,14,17,18,19,20). The highest BCUT2D eigenvalue weighted by Crippen LogP contribution is 2.19. The molecule has 2 aromatic rings. The molecule has 1 fully saturated rings. The van der Waals surface area contributed by atoms with Crippen molar-refractivity contribution in [2.45, 2.75) is 51.0 Å². The van der Waals surface area contributed by atoms with Crippen LogP contribution >= 0.6 is 0 Å². The highest BCUT2D eigenvalue weighted by atomic mass is 15.4. The van der Waals surface area contributed by atoms with Gasteiger partial charge in [-0.05, 0) is 12.8 Å². The van der Waals surface area contributed by atoms with Crippen LogP contribution in [0.3, 0.4) is 0 Å². The number of hydrogen-bond acceptors (Lipinski definition) is 7. The number of nitrogens with one attached hydrogen (secondary N) is 1. The Morgan fingerprint density at radius 2 is 1.81 bits per heavy atom. The summed E-state index contributed by atoms with van der Waals surface area (Å²) < 4.78 is 1.47. The third-order valence-electron chi connectivity index (χ3n) is 3.70. The number of hydrogen-bond donors (Lipinski definition) is 2. The third kappa shape index (κ3) is 3.65. The molecule has 0 amide bonds. The largest absolute Gasteiger partial charge is 0.368 e. The van der Waals surface area contributed by atoms with Crippen LogP contribution in [-0.4, -0.2) is 35.8 Å². The third-order valence-corrected chi connectivity index (χ3v) is 3.70. The Labute approximate surface area is 123 Å². The van der Waals surface area contributed by atoms with Gasteiger partial charge in [0.15, 0.2) is 0 Å². The summed E-state index contributed by atoms with van der Waals surface area (Å²) >= 11 is 0. The van der Waals surface area contributed by atoms with Crippen LogP contribution in [0.25, 0.3) is 5.95 Å². The number of nitrogen functional groups attached to an aromatic ring is 1. The fraction of sp³-hybridized carbons (Fsp3) is 0.615. The quantitative estimate of drug-likeness (QED) is 0.882. The predicted molar refractivity (Wildman–Crippen MR) is 78.9 cm³/mol. The molecule has 0 aromatic carbocycles.